The number of carbonyl (C=O) groups excluding carboxylic acids is 1. The number of hydrogen-bond donors (Lipinski definition) is 1. The van der Waals surface area contributed by atoms with E-state index in [4.69, 9.17) is 9.15 Å². The van der Waals surface area contributed by atoms with Crippen molar-refractivity contribution in [2.45, 2.75) is 5.22 Å². The molecule has 0 aliphatic carbocycles. The zero-order valence-electron chi connectivity index (χ0n) is 13.5. The third-order valence-electron chi connectivity index (χ3n) is 3.25. The van der Waals surface area contributed by atoms with Crippen LogP contribution < -0.4 is 10.1 Å². The molecule has 134 valence electrons. The molecule has 0 aliphatic rings. The average molecular weight is 499 g/mol. The summed E-state index contributed by atoms with van der Waals surface area (Å²) in [6, 6.07) is 12.8. The second-order valence-corrected chi connectivity index (χ2v) is 7.71. The summed E-state index contributed by atoms with van der Waals surface area (Å²) in [5.74, 6) is 1.08. The third-order valence-corrected chi connectivity index (χ3v) is 5.95. The number of methoxy groups -OCH3 is 1. The van der Waals surface area contributed by atoms with E-state index in [1.54, 1.807) is 13.2 Å². The van der Waals surface area contributed by atoms with E-state index in [-0.39, 0.29) is 11.7 Å². The molecular weight excluding hydrogens is 486 g/mol. The van der Waals surface area contributed by atoms with Crippen LogP contribution in [0.1, 0.15) is 0 Å². The lowest BCUT2D eigenvalue weighted by Gasteiger charge is -2.05. The molecule has 26 heavy (non-hydrogen) atoms. The molecule has 1 heterocycles. The normalized spacial score (nSPS) is 10.6. The van der Waals surface area contributed by atoms with Gasteiger partial charge in [-0.1, -0.05) is 17.8 Å². The highest BCUT2D eigenvalue weighted by Gasteiger charge is 2.12. The average Bonchev–Trinajstić information content (AvgIpc) is 3.12. The van der Waals surface area contributed by atoms with Crippen LogP contribution in [0, 0.1) is 0 Å². The van der Waals surface area contributed by atoms with Crippen LogP contribution in [0.5, 0.6) is 5.75 Å². The SMILES string of the molecule is COc1cccc(-c2nnc(SCC(=O)Nc3ccc(Br)c(Br)c3)o2)c1. The Hall–Kier alpha value is -1.84. The van der Waals surface area contributed by atoms with Crippen LogP contribution in [-0.2, 0) is 4.79 Å². The van der Waals surface area contributed by atoms with Gasteiger partial charge in [0.15, 0.2) is 0 Å². The van der Waals surface area contributed by atoms with Crippen molar-refractivity contribution in [3.05, 3.63) is 51.4 Å². The Kier molecular flexibility index (Phi) is 6.33. The fourth-order valence-corrected chi connectivity index (χ4v) is 3.23. The molecule has 1 N–H and O–H groups in total. The lowest BCUT2D eigenvalue weighted by molar-refractivity contribution is -0.113. The maximum atomic E-state index is 12.1. The van der Waals surface area contributed by atoms with Gasteiger partial charge in [-0.3, -0.25) is 4.79 Å². The number of hydrogen-bond acceptors (Lipinski definition) is 6. The molecule has 2 aromatic carbocycles. The monoisotopic (exact) mass is 497 g/mol. The highest BCUT2D eigenvalue weighted by molar-refractivity contribution is 9.13. The Morgan fingerprint density at radius 1 is 1.19 bits per heavy atom. The topological polar surface area (TPSA) is 77.2 Å². The van der Waals surface area contributed by atoms with E-state index in [2.05, 4.69) is 47.4 Å². The molecule has 3 rings (SSSR count). The minimum Gasteiger partial charge on any atom is -0.497 e. The van der Waals surface area contributed by atoms with Gasteiger partial charge < -0.3 is 14.5 Å². The van der Waals surface area contributed by atoms with E-state index >= 15 is 0 Å². The summed E-state index contributed by atoms with van der Waals surface area (Å²) in [6.07, 6.45) is 0. The highest BCUT2D eigenvalue weighted by Crippen LogP contribution is 2.27. The number of nitrogens with one attached hydrogen (secondary N) is 1. The van der Waals surface area contributed by atoms with Crippen molar-refractivity contribution in [1.82, 2.24) is 10.2 Å². The van der Waals surface area contributed by atoms with Crippen molar-refractivity contribution >= 4 is 55.2 Å². The number of nitrogens with zero attached hydrogens (tertiary/aromatic N) is 2. The van der Waals surface area contributed by atoms with Crippen LogP contribution in [0.2, 0.25) is 0 Å². The van der Waals surface area contributed by atoms with Crippen molar-refractivity contribution in [3.63, 3.8) is 0 Å². The molecule has 0 aliphatic heterocycles. The predicted octanol–water partition coefficient (Wildman–Crippen LogP) is 5.00. The van der Waals surface area contributed by atoms with Crippen molar-refractivity contribution in [2.24, 2.45) is 0 Å². The molecule has 0 bridgehead atoms. The number of thioether (sulfide) groups is 1. The number of rotatable bonds is 6. The summed E-state index contributed by atoms with van der Waals surface area (Å²) in [4.78, 5) is 12.1. The molecule has 0 radical (unpaired) electrons. The summed E-state index contributed by atoms with van der Waals surface area (Å²) < 4.78 is 12.6. The minimum atomic E-state index is -0.162. The first kappa shape index (κ1) is 18.9. The summed E-state index contributed by atoms with van der Waals surface area (Å²) >= 11 is 7.97. The fraction of sp³-hybridized carbons (Fsp3) is 0.118. The zero-order chi connectivity index (χ0) is 18.5. The Labute approximate surface area is 171 Å². The zero-order valence-corrected chi connectivity index (χ0v) is 17.5. The molecule has 0 fully saturated rings. The van der Waals surface area contributed by atoms with E-state index in [0.717, 1.165) is 14.5 Å². The van der Waals surface area contributed by atoms with Crippen LogP contribution in [0.15, 0.2) is 61.0 Å². The van der Waals surface area contributed by atoms with Gasteiger partial charge in [-0.05, 0) is 68.3 Å². The maximum Gasteiger partial charge on any atom is 0.277 e. The van der Waals surface area contributed by atoms with Gasteiger partial charge in [0.25, 0.3) is 5.22 Å². The molecule has 1 amide bonds. The molecular formula is C17H13Br2N3O3S. The van der Waals surface area contributed by atoms with E-state index < -0.39 is 0 Å². The smallest absolute Gasteiger partial charge is 0.277 e. The highest BCUT2D eigenvalue weighted by atomic mass is 79.9. The Morgan fingerprint density at radius 3 is 2.81 bits per heavy atom. The number of aromatic nitrogens is 2. The maximum absolute atomic E-state index is 12.1. The molecule has 0 atom stereocenters. The van der Waals surface area contributed by atoms with Crippen LogP contribution in [0.25, 0.3) is 11.5 Å². The standard InChI is InChI=1S/C17H13Br2N3O3S/c1-24-12-4-2-3-10(7-12)16-21-22-17(25-16)26-9-15(23)20-11-5-6-13(18)14(19)8-11/h2-8H,9H2,1H3,(H,20,23). The largest absolute Gasteiger partial charge is 0.497 e. The van der Waals surface area contributed by atoms with Gasteiger partial charge in [0.1, 0.15) is 5.75 Å². The van der Waals surface area contributed by atoms with Crippen molar-refractivity contribution in [3.8, 4) is 17.2 Å². The van der Waals surface area contributed by atoms with Crippen molar-refractivity contribution in [1.29, 1.82) is 0 Å². The molecule has 9 heteroatoms. The Bertz CT molecular complexity index is 933. The summed E-state index contributed by atoms with van der Waals surface area (Å²) in [5, 5.41) is 11.1. The van der Waals surface area contributed by atoms with Crippen LogP contribution >= 0.6 is 43.6 Å². The predicted molar refractivity (Wildman–Crippen MR) is 107 cm³/mol. The van der Waals surface area contributed by atoms with Crippen LogP contribution in [0.3, 0.4) is 0 Å². The lowest BCUT2D eigenvalue weighted by Crippen LogP contribution is -2.13. The number of benzene rings is 2. The third kappa shape index (κ3) is 4.87. The van der Waals surface area contributed by atoms with Gasteiger partial charge in [-0.25, -0.2) is 0 Å². The quantitative estimate of drug-likeness (QED) is 0.482. The van der Waals surface area contributed by atoms with Crippen LogP contribution in [0.4, 0.5) is 5.69 Å². The van der Waals surface area contributed by atoms with Gasteiger partial charge >= 0.3 is 0 Å². The number of carbonyl (C=O) groups is 1. The van der Waals surface area contributed by atoms with Crippen molar-refractivity contribution < 1.29 is 13.9 Å². The second-order valence-electron chi connectivity index (χ2n) is 5.07. The van der Waals surface area contributed by atoms with Gasteiger partial charge in [-0.2, -0.15) is 0 Å². The summed E-state index contributed by atoms with van der Waals surface area (Å²) in [5.41, 5.74) is 1.46. The second kappa shape index (κ2) is 8.70. The van der Waals surface area contributed by atoms with Gasteiger partial charge in [0, 0.05) is 20.2 Å². The fourth-order valence-electron chi connectivity index (χ4n) is 2.04. The number of halogens is 2. The van der Waals surface area contributed by atoms with E-state index in [9.17, 15) is 4.79 Å². The van der Waals surface area contributed by atoms with E-state index in [1.807, 2.05) is 36.4 Å². The van der Waals surface area contributed by atoms with E-state index in [1.165, 1.54) is 11.8 Å². The number of anilines is 1. The van der Waals surface area contributed by atoms with Gasteiger partial charge in [-0.15, -0.1) is 10.2 Å². The molecule has 0 unspecified atom stereocenters. The summed E-state index contributed by atoms with van der Waals surface area (Å²) in [7, 11) is 1.59. The molecule has 6 nitrogen and oxygen atoms in total. The first-order valence-corrected chi connectivity index (χ1v) is 9.98. The molecule has 0 saturated heterocycles. The number of ether oxygens (including phenoxy) is 1. The molecule has 3 aromatic rings. The Balaban J connectivity index is 1.58. The van der Waals surface area contributed by atoms with Gasteiger partial charge in [0.2, 0.25) is 11.8 Å². The minimum absolute atomic E-state index is 0.160. The first-order valence-electron chi connectivity index (χ1n) is 7.41. The van der Waals surface area contributed by atoms with Crippen molar-refractivity contribution in [2.75, 3.05) is 18.2 Å². The summed E-state index contributed by atoms with van der Waals surface area (Å²) in [6.45, 7) is 0. The molecule has 0 spiro atoms. The number of amides is 1. The molecule has 0 saturated carbocycles. The van der Waals surface area contributed by atoms with E-state index in [0.29, 0.717) is 22.6 Å². The van der Waals surface area contributed by atoms with Crippen LogP contribution in [-0.4, -0.2) is 29.0 Å². The Morgan fingerprint density at radius 2 is 2.04 bits per heavy atom. The first-order chi connectivity index (χ1) is 12.5. The lowest BCUT2D eigenvalue weighted by atomic mass is 10.2. The van der Waals surface area contributed by atoms with Gasteiger partial charge in [0.05, 0.1) is 12.9 Å². The molecule has 1 aromatic heterocycles.